The van der Waals surface area contributed by atoms with Crippen LogP contribution >= 0.6 is 0 Å². The third-order valence-corrected chi connectivity index (χ3v) is 3.28. The largest absolute Gasteiger partial charge is 0.465 e. The first-order valence-electron chi connectivity index (χ1n) is 6.11. The molecule has 4 nitrogen and oxygen atoms in total. The van der Waals surface area contributed by atoms with Gasteiger partial charge in [0.15, 0.2) is 0 Å². The van der Waals surface area contributed by atoms with Gasteiger partial charge in [0.2, 0.25) is 0 Å². The Morgan fingerprint density at radius 2 is 2.38 bits per heavy atom. The summed E-state index contributed by atoms with van der Waals surface area (Å²) >= 11 is 0. The minimum Gasteiger partial charge on any atom is -0.465 e. The highest BCUT2D eigenvalue weighted by Gasteiger charge is 2.36. The number of unbranched alkanes of at least 4 members (excludes halogenated alkanes) is 1. The molecule has 0 aromatic heterocycles. The summed E-state index contributed by atoms with van der Waals surface area (Å²) in [6, 6.07) is 0. The molecule has 4 heteroatoms. The van der Waals surface area contributed by atoms with Gasteiger partial charge in [-0.15, -0.1) is 0 Å². The third-order valence-electron chi connectivity index (χ3n) is 3.28. The minimum absolute atomic E-state index is 0.0935. The zero-order valence-electron chi connectivity index (χ0n) is 10.5. The van der Waals surface area contributed by atoms with Crippen molar-refractivity contribution >= 4 is 5.97 Å². The maximum Gasteiger partial charge on any atom is 0.319 e. The zero-order valence-corrected chi connectivity index (χ0v) is 10.5. The second kappa shape index (κ2) is 6.21. The Morgan fingerprint density at radius 1 is 1.62 bits per heavy atom. The number of esters is 1. The van der Waals surface area contributed by atoms with Crippen LogP contribution in [-0.2, 0) is 14.3 Å². The minimum atomic E-state index is -0.172. The Labute approximate surface area is 97.7 Å². The average molecular weight is 229 g/mol. The van der Waals surface area contributed by atoms with E-state index in [0.717, 1.165) is 25.9 Å². The van der Waals surface area contributed by atoms with Crippen molar-refractivity contribution < 1.29 is 14.3 Å². The summed E-state index contributed by atoms with van der Waals surface area (Å²) in [7, 11) is 0. The highest BCUT2D eigenvalue weighted by molar-refractivity contribution is 5.71. The number of carbonyl (C=O) groups is 1. The van der Waals surface area contributed by atoms with Crippen LogP contribution in [0.4, 0.5) is 0 Å². The topological polar surface area (TPSA) is 47.6 Å². The smallest absolute Gasteiger partial charge is 0.319 e. The predicted octanol–water partition coefficient (Wildman–Crippen LogP) is 1.49. The van der Waals surface area contributed by atoms with E-state index in [1.165, 1.54) is 0 Å². The Morgan fingerprint density at radius 3 is 2.94 bits per heavy atom. The van der Waals surface area contributed by atoms with E-state index in [0.29, 0.717) is 6.61 Å². The first-order chi connectivity index (χ1) is 7.58. The van der Waals surface area contributed by atoms with Crippen LogP contribution in [0.5, 0.6) is 0 Å². The second-order valence-electron chi connectivity index (χ2n) is 4.61. The van der Waals surface area contributed by atoms with E-state index in [1.807, 2.05) is 6.92 Å². The fraction of sp³-hybridized carbons (Fsp3) is 0.917. The third kappa shape index (κ3) is 3.76. The van der Waals surface area contributed by atoms with Gasteiger partial charge in [0.1, 0.15) is 0 Å². The van der Waals surface area contributed by atoms with E-state index in [2.05, 4.69) is 19.2 Å². The molecule has 2 unspecified atom stereocenters. The van der Waals surface area contributed by atoms with E-state index in [9.17, 15) is 4.79 Å². The van der Waals surface area contributed by atoms with Gasteiger partial charge in [0, 0.05) is 12.1 Å². The molecule has 16 heavy (non-hydrogen) atoms. The molecule has 2 atom stereocenters. The molecule has 1 N–H and O–H groups in total. The van der Waals surface area contributed by atoms with Gasteiger partial charge < -0.3 is 9.47 Å². The first kappa shape index (κ1) is 13.5. The lowest BCUT2D eigenvalue weighted by molar-refractivity contribution is -0.143. The number of hydrogen-bond acceptors (Lipinski definition) is 4. The summed E-state index contributed by atoms with van der Waals surface area (Å²) in [6.45, 7) is 7.75. The SMILES string of the molecule is CCCCOC(=O)CNC1(C)CCOC1C. The van der Waals surface area contributed by atoms with Gasteiger partial charge in [-0.2, -0.15) is 0 Å². The van der Waals surface area contributed by atoms with Crippen molar-refractivity contribution in [2.24, 2.45) is 0 Å². The quantitative estimate of drug-likeness (QED) is 0.553. The van der Waals surface area contributed by atoms with Crippen molar-refractivity contribution in [2.75, 3.05) is 19.8 Å². The molecule has 0 radical (unpaired) electrons. The van der Waals surface area contributed by atoms with Crippen molar-refractivity contribution in [2.45, 2.75) is 51.7 Å². The van der Waals surface area contributed by atoms with Crippen molar-refractivity contribution in [3.05, 3.63) is 0 Å². The molecule has 0 spiro atoms. The lowest BCUT2D eigenvalue weighted by Crippen LogP contribution is -2.49. The first-order valence-corrected chi connectivity index (χ1v) is 6.11. The normalized spacial score (nSPS) is 29.3. The molecule has 1 aliphatic rings. The summed E-state index contributed by atoms with van der Waals surface area (Å²) in [5, 5.41) is 3.23. The van der Waals surface area contributed by atoms with E-state index < -0.39 is 0 Å². The molecular formula is C12H23NO3. The van der Waals surface area contributed by atoms with Crippen molar-refractivity contribution in [1.29, 1.82) is 0 Å². The van der Waals surface area contributed by atoms with E-state index in [1.54, 1.807) is 0 Å². The molecule has 1 fully saturated rings. The molecule has 1 saturated heterocycles. The molecule has 0 amide bonds. The number of ether oxygens (including phenoxy) is 2. The molecule has 1 rings (SSSR count). The highest BCUT2D eigenvalue weighted by Crippen LogP contribution is 2.24. The van der Waals surface area contributed by atoms with Crippen LogP contribution in [0.3, 0.4) is 0 Å². The van der Waals surface area contributed by atoms with Crippen LogP contribution in [0.2, 0.25) is 0 Å². The van der Waals surface area contributed by atoms with Crippen LogP contribution in [0, 0.1) is 0 Å². The molecular weight excluding hydrogens is 206 g/mol. The fourth-order valence-electron chi connectivity index (χ4n) is 1.72. The standard InChI is InChI=1S/C12H23NO3/c1-4-5-7-16-11(14)9-13-12(3)6-8-15-10(12)2/h10,13H,4-9H2,1-3H3. The second-order valence-corrected chi connectivity index (χ2v) is 4.61. The molecule has 94 valence electrons. The predicted molar refractivity (Wildman–Crippen MR) is 62.3 cm³/mol. The van der Waals surface area contributed by atoms with E-state index in [-0.39, 0.29) is 24.2 Å². The summed E-state index contributed by atoms with van der Waals surface area (Å²) in [6.07, 6.45) is 3.07. The van der Waals surface area contributed by atoms with Gasteiger partial charge in [-0.05, 0) is 26.7 Å². The van der Waals surface area contributed by atoms with Crippen LogP contribution in [0.25, 0.3) is 0 Å². The molecule has 0 saturated carbocycles. The number of hydrogen-bond donors (Lipinski definition) is 1. The summed E-state index contributed by atoms with van der Waals surface area (Å²) < 4.78 is 10.6. The Balaban J connectivity index is 2.20. The van der Waals surface area contributed by atoms with Gasteiger partial charge in [-0.25, -0.2) is 0 Å². The van der Waals surface area contributed by atoms with Crippen molar-refractivity contribution in [3.63, 3.8) is 0 Å². The van der Waals surface area contributed by atoms with Crippen molar-refractivity contribution in [1.82, 2.24) is 5.32 Å². The summed E-state index contributed by atoms with van der Waals surface area (Å²) in [5.41, 5.74) is -0.0935. The maximum atomic E-state index is 11.4. The lowest BCUT2D eigenvalue weighted by atomic mass is 9.95. The maximum absolute atomic E-state index is 11.4. The Bertz CT molecular complexity index is 232. The van der Waals surface area contributed by atoms with Gasteiger partial charge in [-0.1, -0.05) is 13.3 Å². The van der Waals surface area contributed by atoms with Gasteiger partial charge in [0.25, 0.3) is 0 Å². The van der Waals surface area contributed by atoms with E-state index in [4.69, 9.17) is 9.47 Å². The molecule has 0 aliphatic carbocycles. The van der Waals surface area contributed by atoms with Gasteiger partial charge >= 0.3 is 5.97 Å². The summed E-state index contributed by atoms with van der Waals surface area (Å²) in [4.78, 5) is 11.4. The Hall–Kier alpha value is -0.610. The number of carbonyl (C=O) groups excluding carboxylic acids is 1. The average Bonchev–Trinajstić information content (AvgIpc) is 2.58. The van der Waals surface area contributed by atoms with Crippen LogP contribution < -0.4 is 5.32 Å². The zero-order chi connectivity index (χ0) is 12.0. The van der Waals surface area contributed by atoms with Crippen LogP contribution in [-0.4, -0.2) is 37.4 Å². The van der Waals surface area contributed by atoms with Crippen LogP contribution in [0.1, 0.15) is 40.0 Å². The fourth-order valence-corrected chi connectivity index (χ4v) is 1.72. The lowest BCUT2D eigenvalue weighted by Gasteiger charge is -2.28. The van der Waals surface area contributed by atoms with E-state index >= 15 is 0 Å². The molecule has 0 bridgehead atoms. The monoisotopic (exact) mass is 229 g/mol. The van der Waals surface area contributed by atoms with Gasteiger partial charge in [0.05, 0.1) is 19.3 Å². The Kier molecular flexibility index (Phi) is 5.22. The molecule has 0 aromatic carbocycles. The van der Waals surface area contributed by atoms with Gasteiger partial charge in [-0.3, -0.25) is 10.1 Å². The van der Waals surface area contributed by atoms with Crippen molar-refractivity contribution in [3.8, 4) is 0 Å². The molecule has 0 aromatic rings. The van der Waals surface area contributed by atoms with Crippen LogP contribution in [0.15, 0.2) is 0 Å². The highest BCUT2D eigenvalue weighted by atomic mass is 16.5. The molecule has 1 aliphatic heterocycles. The number of rotatable bonds is 6. The summed E-state index contributed by atoms with van der Waals surface area (Å²) in [5.74, 6) is -0.172. The molecule has 1 heterocycles. The number of nitrogens with one attached hydrogen (secondary N) is 1.